The molecule has 0 saturated carbocycles. The van der Waals surface area contributed by atoms with Gasteiger partial charge in [0.25, 0.3) is 0 Å². The Labute approximate surface area is 65.1 Å². The van der Waals surface area contributed by atoms with E-state index in [1.165, 1.54) is 12.1 Å². The SMILES string of the molecule is O=c1c2cccc(C(F)(F)F)c12. The monoisotopic (exact) mass is 172 g/mol. The van der Waals surface area contributed by atoms with Crippen molar-refractivity contribution in [2.75, 3.05) is 0 Å². The second-order valence-corrected chi connectivity index (χ2v) is 2.56. The Morgan fingerprint density at radius 2 is 1.83 bits per heavy atom. The van der Waals surface area contributed by atoms with E-state index in [0.717, 1.165) is 6.07 Å². The summed E-state index contributed by atoms with van der Waals surface area (Å²) in [5.74, 6) is 0. The molecule has 0 aliphatic carbocycles. The average molecular weight is 172 g/mol. The molecule has 2 aromatic rings. The second-order valence-electron chi connectivity index (χ2n) is 2.56. The van der Waals surface area contributed by atoms with E-state index in [2.05, 4.69) is 0 Å². The zero-order chi connectivity index (χ0) is 8.93. The molecule has 2 rings (SSSR count). The smallest absolute Gasteiger partial charge is 0.289 e. The van der Waals surface area contributed by atoms with E-state index in [0.29, 0.717) is 0 Å². The molecule has 0 amide bonds. The van der Waals surface area contributed by atoms with Crippen LogP contribution in [0.2, 0.25) is 0 Å². The zero-order valence-corrected chi connectivity index (χ0v) is 5.77. The average Bonchev–Trinajstić information content (AvgIpc) is 2.61. The Bertz CT molecular complexity index is 446. The maximum absolute atomic E-state index is 12.1. The van der Waals surface area contributed by atoms with Gasteiger partial charge in [-0.05, 0) is 6.07 Å². The first kappa shape index (κ1) is 7.34. The van der Waals surface area contributed by atoms with Crippen molar-refractivity contribution in [1.29, 1.82) is 0 Å². The highest BCUT2D eigenvalue weighted by molar-refractivity contribution is 6.00. The molecular weight excluding hydrogens is 169 g/mol. The number of hydrogen-bond acceptors (Lipinski definition) is 1. The number of fused-ring (bicyclic) bond motifs is 1. The van der Waals surface area contributed by atoms with Gasteiger partial charge < -0.3 is 0 Å². The predicted octanol–water partition coefficient (Wildman–Crippen LogP) is 2.09. The van der Waals surface area contributed by atoms with E-state index in [-0.39, 0.29) is 10.8 Å². The lowest BCUT2D eigenvalue weighted by Crippen LogP contribution is -2.03. The van der Waals surface area contributed by atoms with Crippen molar-refractivity contribution in [2.24, 2.45) is 0 Å². The highest BCUT2D eigenvalue weighted by Gasteiger charge is 2.36. The summed E-state index contributed by atoms with van der Waals surface area (Å²) < 4.78 is 36.3. The molecule has 0 radical (unpaired) electrons. The Morgan fingerprint density at radius 1 is 1.17 bits per heavy atom. The van der Waals surface area contributed by atoms with E-state index in [4.69, 9.17) is 0 Å². The van der Waals surface area contributed by atoms with Crippen LogP contribution >= 0.6 is 0 Å². The molecule has 2 aromatic carbocycles. The number of benzene rings is 1. The van der Waals surface area contributed by atoms with Crippen LogP contribution in [0.25, 0.3) is 10.8 Å². The van der Waals surface area contributed by atoms with E-state index >= 15 is 0 Å². The summed E-state index contributed by atoms with van der Waals surface area (Å²) in [6.45, 7) is 0. The number of hydrogen-bond donors (Lipinski definition) is 0. The van der Waals surface area contributed by atoms with Gasteiger partial charge in [-0.15, -0.1) is 0 Å². The fourth-order valence-electron chi connectivity index (χ4n) is 1.17. The first-order valence-electron chi connectivity index (χ1n) is 3.27. The lowest BCUT2D eigenvalue weighted by Gasteiger charge is -2.03. The summed E-state index contributed by atoms with van der Waals surface area (Å²) in [6.07, 6.45) is -4.41. The molecule has 0 N–H and O–H groups in total. The van der Waals surface area contributed by atoms with Gasteiger partial charge in [0.2, 0.25) is 0 Å². The molecule has 1 nitrogen and oxygen atoms in total. The van der Waals surface area contributed by atoms with Gasteiger partial charge in [0.1, 0.15) is 0 Å². The number of rotatable bonds is 0. The van der Waals surface area contributed by atoms with Crippen LogP contribution < -0.4 is 5.43 Å². The standard InChI is InChI=1S/C8H3F3O/c9-8(10,11)5-3-1-2-4-6(5)7(4)12/h1-3H. The molecule has 0 fully saturated rings. The maximum Gasteiger partial charge on any atom is 0.417 e. The van der Waals surface area contributed by atoms with E-state index in [9.17, 15) is 18.0 Å². The minimum Gasteiger partial charge on any atom is -0.289 e. The Balaban J connectivity index is 2.70. The molecule has 0 saturated heterocycles. The van der Waals surface area contributed by atoms with Crippen LogP contribution in [-0.4, -0.2) is 0 Å². The fraction of sp³-hybridized carbons (Fsp3) is 0.125. The van der Waals surface area contributed by atoms with Crippen LogP contribution in [0.5, 0.6) is 0 Å². The third-order valence-corrected chi connectivity index (χ3v) is 1.78. The summed E-state index contributed by atoms with van der Waals surface area (Å²) in [5.41, 5.74) is -1.29. The van der Waals surface area contributed by atoms with Gasteiger partial charge in [0, 0.05) is 10.8 Å². The van der Waals surface area contributed by atoms with Crippen molar-refractivity contribution in [3.05, 3.63) is 34.0 Å². The molecule has 0 heterocycles. The van der Waals surface area contributed by atoms with Crippen molar-refractivity contribution in [3.8, 4) is 0 Å². The van der Waals surface area contributed by atoms with Crippen LogP contribution in [0.4, 0.5) is 13.2 Å². The van der Waals surface area contributed by atoms with Crippen LogP contribution in [0.1, 0.15) is 5.56 Å². The van der Waals surface area contributed by atoms with Gasteiger partial charge in [-0.25, -0.2) is 0 Å². The van der Waals surface area contributed by atoms with Gasteiger partial charge in [-0.2, -0.15) is 13.2 Å². The highest BCUT2D eigenvalue weighted by Crippen LogP contribution is 2.35. The molecular formula is C8H3F3O. The molecule has 12 heavy (non-hydrogen) atoms. The highest BCUT2D eigenvalue weighted by atomic mass is 19.4. The zero-order valence-electron chi connectivity index (χ0n) is 5.77. The maximum atomic E-state index is 12.1. The van der Waals surface area contributed by atoms with Crippen molar-refractivity contribution < 1.29 is 13.2 Å². The van der Waals surface area contributed by atoms with Crippen molar-refractivity contribution in [3.63, 3.8) is 0 Å². The van der Waals surface area contributed by atoms with Crippen molar-refractivity contribution in [2.45, 2.75) is 6.18 Å². The quantitative estimate of drug-likeness (QED) is 0.594. The summed E-state index contributed by atoms with van der Waals surface area (Å²) >= 11 is 0. The molecule has 0 aliphatic rings. The molecule has 4 heteroatoms. The largest absolute Gasteiger partial charge is 0.417 e. The molecule has 0 aliphatic heterocycles. The van der Waals surface area contributed by atoms with Gasteiger partial charge in [-0.3, -0.25) is 4.79 Å². The molecule has 0 aromatic heterocycles. The molecule has 62 valence electrons. The van der Waals surface area contributed by atoms with E-state index < -0.39 is 17.2 Å². The fourth-order valence-corrected chi connectivity index (χ4v) is 1.17. The number of alkyl halides is 3. The summed E-state index contributed by atoms with van der Waals surface area (Å²) in [7, 11) is 0. The van der Waals surface area contributed by atoms with Crippen LogP contribution in [0.15, 0.2) is 23.0 Å². The third-order valence-electron chi connectivity index (χ3n) is 1.78. The number of halogens is 3. The summed E-state index contributed by atoms with van der Waals surface area (Å²) in [5, 5.41) is 0.0369. The van der Waals surface area contributed by atoms with Crippen molar-refractivity contribution >= 4 is 10.8 Å². The minimum atomic E-state index is -4.41. The Hall–Kier alpha value is -1.32. The Kier molecular flexibility index (Phi) is 1.15. The lowest BCUT2D eigenvalue weighted by molar-refractivity contribution is -0.136. The van der Waals surface area contributed by atoms with Crippen LogP contribution in [-0.2, 0) is 6.18 Å². The Morgan fingerprint density at radius 3 is 2.33 bits per heavy atom. The third kappa shape index (κ3) is 0.841. The first-order chi connectivity index (χ1) is 5.52. The summed E-state index contributed by atoms with van der Waals surface area (Å²) in [6, 6.07) is 3.56. The second kappa shape index (κ2) is 1.88. The van der Waals surface area contributed by atoms with Gasteiger partial charge in [0.05, 0.1) is 5.56 Å². The van der Waals surface area contributed by atoms with Crippen LogP contribution in [0, 0.1) is 0 Å². The lowest BCUT2D eigenvalue weighted by atomic mass is 10.2. The van der Waals surface area contributed by atoms with Crippen LogP contribution in [0.3, 0.4) is 0 Å². The van der Waals surface area contributed by atoms with E-state index in [1.807, 2.05) is 0 Å². The van der Waals surface area contributed by atoms with E-state index in [1.54, 1.807) is 0 Å². The molecule has 0 unspecified atom stereocenters. The van der Waals surface area contributed by atoms with Gasteiger partial charge in [0.15, 0.2) is 5.43 Å². The van der Waals surface area contributed by atoms with Gasteiger partial charge >= 0.3 is 6.18 Å². The molecule has 0 bridgehead atoms. The topological polar surface area (TPSA) is 17.1 Å². The minimum absolute atomic E-state index is 0.162. The molecule has 0 atom stereocenters. The normalized spacial score (nSPS) is 12.9. The summed E-state index contributed by atoms with van der Waals surface area (Å²) in [4.78, 5) is 10.7. The molecule has 0 spiro atoms. The predicted molar refractivity (Wildman–Crippen MR) is 37.6 cm³/mol. The first-order valence-corrected chi connectivity index (χ1v) is 3.27. The van der Waals surface area contributed by atoms with Gasteiger partial charge in [-0.1, -0.05) is 12.1 Å². The van der Waals surface area contributed by atoms with Crippen molar-refractivity contribution in [1.82, 2.24) is 0 Å².